The van der Waals surface area contributed by atoms with Gasteiger partial charge in [0.25, 0.3) is 11.2 Å². The van der Waals surface area contributed by atoms with Gasteiger partial charge in [0, 0.05) is 0 Å². The van der Waals surface area contributed by atoms with Crippen molar-refractivity contribution >= 4 is 22.1 Å². The summed E-state index contributed by atoms with van der Waals surface area (Å²) in [5.41, 5.74) is -0.323. The van der Waals surface area contributed by atoms with Gasteiger partial charge >= 0.3 is 16.0 Å². The van der Waals surface area contributed by atoms with Gasteiger partial charge in [0.15, 0.2) is 0 Å². The van der Waals surface area contributed by atoms with Crippen LogP contribution in [0.3, 0.4) is 0 Å². The van der Waals surface area contributed by atoms with Crippen LogP contribution in [0.5, 0.6) is 0 Å². The highest BCUT2D eigenvalue weighted by atomic mass is 32.2. The second-order valence-electron chi connectivity index (χ2n) is 2.27. The maximum atomic E-state index is 11.2. The number of ether oxygens (including phenoxy) is 1. The van der Waals surface area contributed by atoms with Gasteiger partial charge in [-0.3, -0.25) is 0 Å². The van der Waals surface area contributed by atoms with Crippen molar-refractivity contribution in [3.63, 3.8) is 0 Å². The number of methoxy groups -OCH3 is 1. The summed E-state index contributed by atoms with van der Waals surface area (Å²) in [6.45, 7) is 0. The van der Waals surface area contributed by atoms with Crippen molar-refractivity contribution in [3.05, 3.63) is 17.9 Å². The van der Waals surface area contributed by atoms with E-state index < -0.39 is 21.1 Å². The maximum absolute atomic E-state index is 11.2. The molecule has 0 fully saturated rings. The molecule has 0 spiro atoms. The van der Waals surface area contributed by atoms with E-state index in [1.165, 1.54) is 0 Å². The molecule has 0 aliphatic rings. The fourth-order valence-electron chi connectivity index (χ4n) is 0.847. The Balaban J connectivity index is 3.34. The van der Waals surface area contributed by atoms with Crippen LogP contribution in [0, 0.1) is 0 Å². The Bertz CT molecular complexity index is 521. The van der Waals surface area contributed by atoms with Crippen LogP contribution in [0.2, 0.25) is 0 Å². The summed E-state index contributed by atoms with van der Waals surface area (Å²) < 4.78 is 33.8. The number of hydrogen-bond donors (Lipinski definition) is 0. The molecule has 0 N–H and O–H groups in total. The molecule has 8 heteroatoms. The number of sulfonamides is 1. The number of hydrogen-bond acceptors (Lipinski definition) is 6. The molecular formula is C7H5NO6S. The molecule has 0 bridgehead atoms. The second-order valence-corrected chi connectivity index (χ2v) is 3.77. The molecule has 7 nitrogen and oxygen atoms in total. The summed E-state index contributed by atoms with van der Waals surface area (Å²) in [5, 5.41) is -0.738. The molecule has 1 aromatic rings. The van der Waals surface area contributed by atoms with Crippen LogP contribution < -0.4 is 0 Å². The quantitative estimate of drug-likeness (QED) is 0.415. The molecule has 15 heavy (non-hydrogen) atoms. The van der Waals surface area contributed by atoms with Crippen LogP contribution in [0.15, 0.2) is 26.2 Å². The van der Waals surface area contributed by atoms with Crippen molar-refractivity contribution in [2.24, 2.45) is 4.40 Å². The number of rotatable bonds is 3. The SMILES string of the molecule is COC(=O)c1ccoc1S(=O)(=O)N=C=O. The average Bonchev–Trinajstić information content (AvgIpc) is 2.65. The predicted molar refractivity (Wildman–Crippen MR) is 45.4 cm³/mol. The summed E-state index contributed by atoms with van der Waals surface area (Å²) >= 11 is 0. The minimum atomic E-state index is -4.32. The summed E-state index contributed by atoms with van der Waals surface area (Å²) in [7, 11) is -3.24. The topological polar surface area (TPSA) is 103 Å². The van der Waals surface area contributed by atoms with E-state index in [1.54, 1.807) is 0 Å². The highest BCUT2D eigenvalue weighted by Crippen LogP contribution is 2.19. The standard InChI is InChI=1S/C7H5NO6S/c1-13-6(10)5-2-3-14-7(5)15(11,12)8-4-9/h2-3H,1H3. The van der Waals surface area contributed by atoms with Crippen LogP contribution in [-0.2, 0) is 19.6 Å². The van der Waals surface area contributed by atoms with Gasteiger partial charge < -0.3 is 9.15 Å². The lowest BCUT2D eigenvalue weighted by Gasteiger charge is -1.96. The molecule has 0 radical (unpaired) electrons. The molecule has 0 aromatic carbocycles. The Hall–Kier alpha value is -1.92. The fourth-order valence-corrected chi connectivity index (χ4v) is 1.63. The highest BCUT2D eigenvalue weighted by molar-refractivity contribution is 7.90. The first kappa shape index (κ1) is 11.2. The Labute approximate surface area is 84.4 Å². The molecular weight excluding hydrogens is 226 g/mol. The minimum Gasteiger partial charge on any atom is -0.465 e. The fraction of sp³-hybridized carbons (Fsp3) is 0.143. The Morgan fingerprint density at radius 2 is 2.27 bits per heavy atom. The zero-order chi connectivity index (χ0) is 11.5. The van der Waals surface area contributed by atoms with Gasteiger partial charge in [-0.2, -0.15) is 8.42 Å². The van der Waals surface area contributed by atoms with Crippen LogP contribution in [0.1, 0.15) is 10.4 Å². The molecule has 1 rings (SSSR count). The van der Waals surface area contributed by atoms with Crippen molar-refractivity contribution in [1.82, 2.24) is 0 Å². The largest absolute Gasteiger partial charge is 0.465 e. The van der Waals surface area contributed by atoms with Gasteiger partial charge in [0.1, 0.15) is 5.56 Å². The van der Waals surface area contributed by atoms with Gasteiger partial charge in [-0.15, -0.1) is 0 Å². The molecule has 0 saturated heterocycles. The Kier molecular flexibility index (Phi) is 3.03. The monoisotopic (exact) mass is 231 g/mol. The van der Waals surface area contributed by atoms with Crippen molar-refractivity contribution in [3.8, 4) is 0 Å². The van der Waals surface area contributed by atoms with Crippen LogP contribution >= 0.6 is 0 Å². The lowest BCUT2D eigenvalue weighted by molar-refractivity contribution is 0.0593. The molecule has 0 saturated carbocycles. The number of esters is 1. The minimum absolute atomic E-state index is 0.323. The highest BCUT2D eigenvalue weighted by Gasteiger charge is 2.26. The van der Waals surface area contributed by atoms with Crippen LogP contribution in [0.25, 0.3) is 0 Å². The summed E-state index contributed by atoms with van der Waals surface area (Å²) in [6, 6.07) is 1.10. The van der Waals surface area contributed by atoms with E-state index in [1.807, 2.05) is 0 Å². The third-order valence-corrected chi connectivity index (χ3v) is 2.53. The van der Waals surface area contributed by atoms with Gasteiger partial charge in [-0.25, -0.2) is 9.59 Å². The van der Waals surface area contributed by atoms with Crippen LogP contribution in [0.4, 0.5) is 0 Å². The number of carbonyl (C=O) groups is 1. The molecule has 0 aliphatic heterocycles. The van der Waals surface area contributed by atoms with E-state index in [-0.39, 0.29) is 5.56 Å². The third-order valence-electron chi connectivity index (χ3n) is 1.43. The van der Waals surface area contributed by atoms with E-state index in [0.717, 1.165) is 25.5 Å². The van der Waals surface area contributed by atoms with Gasteiger partial charge in [0.05, 0.1) is 13.4 Å². The number of nitrogens with zero attached hydrogens (tertiary/aromatic N) is 1. The van der Waals surface area contributed by atoms with Gasteiger partial charge in [-0.05, 0) is 6.07 Å². The average molecular weight is 231 g/mol. The molecule has 1 aromatic heterocycles. The Morgan fingerprint density at radius 3 is 2.80 bits per heavy atom. The predicted octanol–water partition coefficient (Wildman–Crippen LogP) is 0.0907. The number of carbonyl (C=O) groups excluding carboxylic acids is 2. The zero-order valence-corrected chi connectivity index (χ0v) is 8.28. The van der Waals surface area contributed by atoms with E-state index in [2.05, 4.69) is 13.6 Å². The number of isocyanates is 1. The van der Waals surface area contributed by atoms with E-state index in [0.29, 0.717) is 0 Å². The molecule has 1 heterocycles. The molecule has 0 atom stereocenters. The van der Waals surface area contributed by atoms with Crippen molar-refractivity contribution in [2.75, 3.05) is 7.11 Å². The zero-order valence-electron chi connectivity index (χ0n) is 7.46. The van der Waals surface area contributed by atoms with Crippen LogP contribution in [-0.4, -0.2) is 27.6 Å². The van der Waals surface area contributed by atoms with E-state index in [9.17, 15) is 18.0 Å². The summed E-state index contributed by atoms with van der Waals surface area (Å²) in [5.74, 6) is -0.900. The summed E-state index contributed by atoms with van der Waals surface area (Å²) in [4.78, 5) is 20.9. The molecule has 80 valence electrons. The molecule has 0 amide bonds. The second kappa shape index (κ2) is 4.07. The normalized spacial score (nSPS) is 10.5. The maximum Gasteiger partial charge on any atom is 0.342 e. The third kappa shape index (κ3) is 2.12. The van der Waals surface area contributed by atoms with Crippen molar-refractivity contribution < 1.29 is 27.2 Å². The summed E-state index contributed by atoms with van der Waals surface area (Å²) in [6.07, 6.45) is 1.83. The van der Waals surface area contributed by atoms with E-state index >= 15 is 0 Å². The molecule has 0 aliphatic carbocycles. The smallest absolute Gasteiger partial charge is 0.342 e. The molecule has 0 unspecified atom stereocenters. The first-order chi connectivity index (χ1) is 7.03. The lowest BCUT2D eigenvalue weighted by Crippen LogP contribution is -2.06. The van der Waals surface area contributed by atoms with Crippen molar-refractivity contribution in [1.29, 1.82) is 0 Å². The van der Waals surface area contributed by atoms with Gasteiger partial charge in [0.2, 0.25) is 0 Å². The van der Waals surface area contributed by atoms with Crippen molar-refractivity contribution in [2.45, 2.75) is 5.09 Å². The lowest BCUT2D eigenvalue weighted by atomic mass is 10.3. The van der Waals surface area contributed by atoms with E-state index in [4.69, 9.17) is 0 Å². The first-order valence-corrected chi connectivity index (χ1v) is 4.97. The number of furan rings is 1. The van der Waals surface area contributed by atoms with Gasteiger partial charge in [-0.1, -0.05) is 4.40 Å². The first-order valence-electron chi connectivity index (χ1n) is 3.53. The Morgan fingerprint density at radius 1 is 1.60 bits per heavy atom.